The Morgan fingerprint density at radius 1 is 1.25 bits per heavy atom. The molecule has 1 saturated heterocycles. The van der Waals surface area contributed by atoms with E-state index in [2.05, 4.69) is 33.0 Å². The molecule has 0 aromatic carbocycles. The van der Waals surface area contributed by atoms with E-state index in [1.54, 1.807) is 0 Å². The Morgan fingerprint density at radius 3 is 2.17 bits per heavy atom. The molecule has 0 aromatic heterocycles. The summed E-state index contributed by atoms with van der Waals surface area (Å²) in [6, 6.07) is 0. The van der Waals surface area contributed by atoms with Crippen LogP contribution in [0.5, 0.6) is 0 Å². The second-order valence-electron chi connectivity index (χ2n) is 4.42. The molecular formula is C10H19NO. The van der Waals surface area contributed by atoms with Crippen molar-refractivity contribution in [3.8, 4) is 0 Å². The highest BCUT2D eigenvalue weighted by atomic mass is 16.2. The Balaban J connectivity index is 2.70. The summed E-state index contributed by atoms with van der Waals surface area (Å²) in [5, 5.41) is 2.94. The molecule has 1 N–H and O–H groups in total. The summed E-state index contributed by atoms with van der Waals surface area (Å²) in [5.41, 5.74) is 0. The Hall–Kier alpha value is -0.530. The maximum Gasteiger partial charge on any atom is 0.223 e. The Kier molecular flexibility index (Phi) is 2.76. The Morgan fingerprint density at radius 2 is 1.83 bits per heavy atom. The van der Waals surface area contributed by atoms with Gasteiger partial charge in [-0.2, -0.15) is 0 Å². The molecule has 0 aliphatic carbocycles. The molecule has 1 unspecified atom stereocenters. The monoisotopic (exact) mass is 169 g/mol. The van der Waals surface area contributed by atoms with Gasteiger partial charge in [-0.05, 0) is 17.8 Å². The van der Waals surface area contributed by atoms with Crippen LogP contribution < -0.4 is 5.32 Å². The molecule has 0 spiro atoms. The van der Waals surface area contributed by atoms with Crippen molar-refractivity contribution in [1.82, 2.24) is 5.32 Å². The molecular weight excluding hydrogens is 150 g/mol. The number of carbonyl (C=O) groups is 1. The van der Waals surface area contributed by atoms with E-state index in [4.69, 9.17) is 0 Å². The van der Waals surface area contributed by atoms with Crippen molar-refractivity contribution in [3.63, 3.8) is 0 Å². The maximum absolute atomic E-state index is 11.4. The second kappa shape index (κ2) is 3.46. The third-order valence-electron chi connectivity index (χ3n) is 2.85. The molecule has 1 aliphatic heterocycles. The first kappa shape index (κ1) is 9.56. The zero-order chi connectivity index (χ0) is 9.30. The van der Waals surface area contributed by atoms with Crippen LogP contribution in [0.25, 0.3) is 0 Å². The van der Waals surface area contributed by atoms with Gasteiger partial charge in [0.05, 0.1) is 0 Å². The van der Waals surface area contributed by atoms with Crippen LogP contribution in [0, 0.1) is 23.7 Å². The Labute approximate surface area is 74.7 Å². The lowest BCUT2D eigenvalue weighted by Crippen LogP contribution is -2.26. The lowest BCUT2D eigenvalue weighted by Gasteiger charge is -2.22. The molecule has 0 radical (unpaired) electrons. The molecule has 1 aliphatic rings. The van der Waals surface area contributed by atoms with Crippen LogP contribution in [0.2, 0.25) is 0 Å². The lowest BCUT2D eigenvalue weighted by molar-refractivity contribution is -0.124. The van der Waals surface area contributed by atoms with Crippen molar-refractivity contribution in [3.05, 3.63) is 0 Å². The number of amides is 1. The summed E-state index contributed by atoms with van der Waals surface area (Å²) in [5.74, 6) is 2.11. The van der Waals surface area contributed by atoms with Gasteiger partial charge in [0.1, 0.15) is 0 Å². The van der Waals surface area contributed by atoms with Crippen molar-refractivity contribution in [2.45, 2.75) is 27.7 Å². The van der Waals surface area contributed by atoms with E-state index in [0.717, 1.165) is 6.54 Å². The average Bonchev–Trinajstić information content (AvgIpc) is 2.30. The van der Waals surface area contributed by atoms with E-state index in [0.29, 0.717) is 17.8 Å². The fraction of sp³-hybridized carbons (Fsp3) is 0.900. The molecule has 2 heteroatoms. The summed E-state index contributed by atoms with van der Waals surface area (Å²) >= 11 is 0. The molecule has 12 heavy (non-hydrogen) atoms. The van der Waals surface area contributed by atoms with Gasteiger partial charge in [-0.1, -0.05) is 27.7 Å². The molecule has 1 amide bonds. The SMILES string of the molecule is CC(C)C1CNC(=O)[C@H]1C(C)C. The highest BCUT2D eigenvalue weighted by Gasteiger charge is 2.37. The molecule has 1 rings (SSSR count). The van der Waals surface area contributed by atoms with Crippen LogP contribution in [0.4, 0.5) is 0 Å². The highest BCUT2D eigenvalue weighted by Crippen LogP contribution is 2.30. The van der Waals surface area contributed by atoms with E-state index in [1.165, 1.54) is 0 Å². The van der Waals surface area contributed by atoms with Gasteiger partial charge in [-0.3, -0.25) is 4.79 Å². The van der Waals surface area contributed by atoms with E-state index in [-0.39, 0.29) is 11.8 Å². The van der Waals surface area contributed by atoms with Gasteiger partial charge in [0.2, 0.25) is 5.91 Å². The van der Waals surface area contributed by atoms with Crippen LogP contribution in [0.1, 0.15) is 27.7 Å². The van der Waals surface area contributed by atoms with Gasteiger partial charge in [0.25, 0.3) is 0 Å². The molecule has 1 fully saturated rings. The maximum atomic E-state index is 11.4. The highest BCUT2D eigenvalue weighted by molar-refractivity contribution is 5.81. The predicted octanol–water partition coefficient (Wildman–Crippen LogP) is 1.66. The fourth-order valence-electron chi connectivity index (χ4n) is 2.11. The van der Waals surface area contributed by atoms with Crippen LogP contribution >= 0.6 is 0 Å². The normalized spacial score (nSPS) is 30.0. The van der Waals surface area contributed by atoms with Crippen LogP contribution in [-0.2, 0) is 4.79 Å². The zero-order valence-corrected chi connectivity index (χ0v) is 8.42. The van der Waals surface area contributed by atoms with Gasteiger partial charge in [0.15, 0.2) is 0 Å². The van der Waals surface area contributed by atoms with Crippen molar-refractivity contribution < 1.29 is 4.79 Å². The molecule has 2 atom stereocenters. The molecule has 2 nitrogen and oxygen atoms in total. The summed E-state index contributed by atoms with van der Waals surface area (Å²) in [7, 11) is 0. The predicted molar refractivity (Wildman–Crippen MR) is 49.7 cm³/mol. The standard InChI is InChI=1S/C10H19NO/c1-6(2)8-5-11-10(12)9(8)7(3)4/h6-9H,5H2,1-4H3,(H,11,12)/t8?,9-/m0/s1. The van der Waals surface area contributed by atoms with Gasteiger partial charge >= 0.3 is 0 Å². The lowest BCUT2D eigenvalue weighted by atomic mass is 9.79. The zero-order valence-electron chi connectivity index (χ0n) is 8.42. The Bertz CT molecular complexity index is 175. The third-order valence-corrected chi connectivity index (χ3v) is 2.85. The molecule has 0 saturated carbocycles. The van der Waals surface area contributed by atoms with Crippen molar-refractivity contribution >= 4 is 5.91 Å². The average molecular weight is 169 g/mol. The van der Waals surface area contributed by atoms with Crippen LogP contribution in [0.3, 0.4) is 0 Å². The van der Waals surface area contributed by atoms with E-state index < -0.39 is 0 Å². The van der Waals surface area contributed by atoms with Crippen LogP contribution in [-0.4, -0.2) is 12.5 Å². The molecule has 0 aromatic rings. The molecule has 1 heterocycles. The smallest absolute Gasteiger partial charge is 0.223 e. The van der Waals surface area contributed by atoms with Gasteiger partial charge in [-0.15, -0.1) is 0 Å². The van der Waals surface area contributed by atoms with Gasteiger partial charge in [-0.25, -0.2) is 0 Å². The van der Waals surface area contributed by atoms with Gasteiger partial charge < -0.3 is 5.32 Å². The summed E-state index contributed by atoms with van der Waals surface area (Å²) in [4.78, 5) is 11.4. The van der Waals surface area contributed by atoms with Gasteiger partial charge in [0, 0.05) is 12.5 Å². The second-order valence-corrected chi connectivity index (χ2v) is 4.42. The minimum Gasteiger partial charge on any atom is -0.356 e. The quantitative estimate of drug-likeness (QED) is 0.669. The topological polar surface area (TPSA) is 29.1 Å². The number of nitrogens with one attached hydrogen (secondary N) is 1. The van der Waals surface area contributed by atoms with E-state index in [9.17, 15) is 4.79 Å². The summed E-state index contributed by atoms with van der Waals surface area (Å²) < 4.78 is 0. The first-order valence-corrected chi connectivity index (χ1v) is 4.81. The van der Waals surface area contributed by atoms with Crippen molar-refractivity contribution in [2.75, 3.05) is 6.54 Å². The largest absolute Gasteiger partial charge is 0.356 e. The van der Waals surface area contributed by atoms with Crippen molar-refractivity contribution in [2.24, 2.45) is 23.7 Å². The van der Waals surface area contributed by atoms with E-state index >= 15 is 0 Å². The van der Waals surface area contributed by atoms with Crippen LogP contribution in [0.15, 0.2) is 0 Å². The number of hydrogen-bond donors (Lipinski definition) is 1. The number of hydrogen-bond acceptors (Lipinski definition) is 1. The number of rotatable bonds is 2. The number of carbonyl (C=O) groups excluding carboxylic acids is 1. The first-order valence-electron chi connectivity index (χ1n) is 4.81. The third kappa shape index (κ3) is 1.62. The van der Waals surface area contributed by atoms with Crippen molar-refractivity contribution in [1.29, 1.82) is 0 Å². The minimum absolute atomic E-state index is 0.241. The summed E-state index contributed by atoms with van der Waals surface area (Å²) in [6.45, 7) is 9.52. The first-order chi connectivity index (χ1) is 5.54. The minimum atomic E-state index is 0.241. The van der Waals surface area contributed by atoms with E-state index in [1.807, 2.05) is 0 Å². The fourth-order valence-corrected chi connectivity index (χ4v) is 2.11. The molecule has 0 bridgehead atoms. The summed E-state index contributed by atoms with van der Waals surface area (Å²) in [6.07, 6.45) is 0. The molecule has 70 valence electrons.